The number of carbonyl (C=O) groups is 4. The van der Waals surface area contributed by atoms with Crippen molar-refractivity contribution in [3.8, 4) is 0 Å². The van der Waals surface area contributed by atoms with Crippen molar-refractivity contribution < 1.29 is 39.6 Å². The highest BCUT2D eigenvalue weighted by molar-refractivity contribution is 5.90. The van der Waals surface area contributed by atoms with Gasteiger partial charge in [0.1, 0.15) is 0 Å². The van der Waals surface area contributed by atoms with Gasteiger partial charge in [0.15, 0.2) is 0 Å². The number of benzene rings is 1. The standard InChI is InChI=1S/C15H24N2.2C4H4O4/c1-12-9-13(2)15(14(3)10-12)11-17-7-5-16(4)6-8-17;2*5-3(6)1-2-4(7)8/h9-10H,5-8,11H2,1-4H3;2*1-2H,(H,5,6)(H,7,8)/b;2*2-1+. The van der Waals surface area contributed by atoms with Crippen LogP contribution in [0, 0.1) is 20.8 Å². The summed E-state index contributed by atoms with van der Waals surface area (Å²) in [6.45, 7) is 12.6. The number of piperazine rings is 1. The van der Waals surface area contributed by atoms with Gasteiger partial charge in [-0.1, -0.05) is 17.7 Å². The van der Waals surface area contributed by atoms with Crippen molar-refractivity contribution >= 4 is 23.9 Å². The molecule has 10 heteroatoms. The largest absolute Gasteiger partial charge is 0.478 e. The second-order valence-electron chi connectivity index (χ2n) is 7.48. The summed E-state index contributed by atoms with van der Waals surface area (Å²) < 4.78 is 0. The average Bonchev–Trinajstić information content (AvgIpc) is 2.70. The lowest BCUT2D eigenvalue weighted by Gasteiger charge is -2.33. The molecule has 1 aromatic rings. The van der Waals surface area contributed by atoms with Gasteiger partial charge >= 0.3 is 23.9 Å². The minimum Gasteiger partial charge on any atom is -0.478 e. The zero-order chi connectivity index (χ0) is 25.6. The van der Waals surface area contributed by atoms with E-state index in [2.05, 4.69) is 49.8 Å². The van der Waals surface area contributed by atoms with Crippen molar-refractivity contribution in [2.24, 2.45) is 0 Å². The Morgan fingerprint density at radius 1 is 0.727 bits per heavy atom. The van der Waals surface area contributed by atoms with Crippen LogP contribution in [0.2, 0.25) is 0 Å². The molecule has 4 N–H and O–H groups in total. The van der Waals surface area contributed by atoms with E-state index < -0.39 is 23.9 Å². The van der Waals surface area contributed by atoms with Gasteiger partial charge in [0, 0.05) is 57.0 Å². The summed E-state index contributed by atoms with van der Waals surface area (Å²) in [6, 6.07) is 4.61. The van der Waals surface area contributed by atoms with E-state index in [4.69, 9.17) is 20.4 Å². The van der Waals surface area contributed by atoms with Crippen molar-refractivity contribution in [3.63, 3.8) is 0 Å². The number of aliphatic carboxylic acids is 4. The molecule has 33 heavy (non-hydrogen) atoms. The molecule has 1 aromatic carbocycles. The molecule has 10 nitrogen and oxygen atoms in total. The Hall–Kier alpha value is -3.50. The number of rotatable bonds is 6. The van der Waals surface area contributed by atoms with Gasteiger partial charge in [0.05, 0.1) is 0 Å². The van der Waals surface area contributed by atoms with E-state index in [0.717, 1.165) is 6.54 Å². The fourth-order valence-electron chi connectivity index (χ4n) is 2.97. The van der Waals surface area contributed by atoms with Gasteiger partial charge in [-0.2, -0.15) is 0 Å². The summed E-state index contributed by atoms with van der Waals surface area (Å²) in [6.07, 6.45) is 2.23. The van der Waals surface area contributed by atoms with Crippen LogP contribution < -0.4 is 0 Å². The number of nitrogens with zero attached hydrogens (tertiary/aromatic N) is 2. The molecule has 1 aliphatic heterocycles. The van der Waals surface area contributed by atoms with Gasteiger partial charge in [0.2, 0.25) is 0 Å². The molecule has 0 unspecified atom stereocenters. The monoisotopic (exact) mass is 464 g/mol. The number of likely N-dealkylation sites (N-methyl/N-ethyl adjacent to an activating group) is 1. The molecule has 0 spiro atoms. The van der Waals surface area contributed by atoms with Crippen molar-refractivity contribution in [3.05, 3.63) is 58.7 Å². The van der Waals surface area contributed by atoms with Gasteiger partial charge in [-0.25, -0.2) is 19.2 Å². The van der Waals surface area contributed by atoms with E-state index >= 15 is 0 Å². The number of hydrogen-bond donors (Lipinski definition) is 4. The van der Waals surface area contributed by atoms with Gasteiger partial charge in [0.25, 0.3) is 0 Å². The minimum absolute atomic E-state index is 0.558. The predicted molar refractivity (Wildman–Crippen MR) is 122 cm³/mol. The maximum absolute atomic E-state index is 9.55. The lowest BCUT2D eigenvalue weighted by Crippen LogP contribution is -2.44. The van der Waals surface area contributed by atoms with Crippen LogP contribution in [0.15, 0.2) is 36.4 Å². The molecular formula is C23H32N2O8. The summed E-state index contributed by atoms with van der Waals surface area (Å²) in [5.74, 6) is -5.03. The number of aryl methyl sites for hydroxylation is 3. The number of hydrogen-bond acceptors (Lipinski definition) is 6. The van der Waals surface area contributed by atoms with Gasteiger partial charge in [-0.15, -0.1) is 0 Å². The second-order valence-corrected chi connectivity index (χ2v) is 7.48. The van der Waals surface area contributed by atoms with Crippen LogP contribution in [-0.2, 0) is 25.7 Å². The van der Waals surface area contributed by atoms with Crippen LogP contribution in [-0.4, -0.2) is 87.3 Å². The third kappa shape index (κ3) is 15.0. The van der Waals surface area contributed by atoms with Crippen LogP contribution in [0.4, 0.5) is 0 Å². The minimum atomic E-state index is -1.26. The lowest BCUT2D eigenvalue weighted by atomic mass is 9.99. The summed E-state index contributed by atoms with van der Waals surface area (Å²) in [7, 11) is 2.21. The van der Waals surface area contributed by atoms with E-state index in [-0.39, 0.29) is 0 Å². The zero-order valence-electron chi connectivity index (χ0n) is 19.3. The van der Waals surface area contributed by atoms with Crippen LogP contribution in [0.5, 0.6) is 0 Å². The topological polar surface area (TPSA) is 156 Å². The molecular weight excluding hydrogens is 432 g/mol. The van der Waals surface area contributed by atoms with E-state index in [1.54, 1.807) is 0 Å². The Bertz CT molecular complexity index is 795. The van der Waals surface area contributed by atoms with Gasteiger partial charge < -0.3 is 25.3 Å². The first-order valence-electron chi connectivity index (χ1n) is 10.1. The zero-order valence-corrected chi connectivity index (χ0v) is 19.3. The fraction of sp³-hybridized carbons (Fsp3) is 0.391. The predicted octanol–water partition coefficient (Wildman–Crippen LogP) is 1.78. The first-order valence-corrected chi connectivity index (χ1v) is 10.1. The first kappa shape index (κ1) is 29.5. The Balaban J connectivity index is 0.000000539. The molecule has 1 aliphatic rings. The molecule has 0 atom stereocenters. The quantitative estimate of drug-likeness (QED) is 0.458. The summed E-state index contributed by atoms with van der Waals surface area (Å²) in [5.41, 5.74) is 5.80. The molecule has 0 radical (unpaired) electrons. The number of carboxylic acids is 4. The Morgan fingerprint density at radius 2 is 1.06 bits per heavy atom. The Labute approximate surface area is 193 Å². The van der Waals surface area contributed by atoms with Gasteiger partial charge in [-0.05, 0) is 44.5 Å². The molecule has 0 amide bonds. The maximum atomic E-state index is 9.55. The molecule has 1 heterocycles. The average molecular weight is 465 g/mol. The molecule has 0 bridgehead atoms. The van der Waals surface area contributed by atoms with Crippen LogP contribution in [0.25, 0.3) is 0 Å². The Kier molecular flexibility index (Phi) is 13.7. The lowest BCUT2D eigenvalue weighted by molar-refractivity contribution is -0.134. The van der Waals surface area contributed by atoms with E-state index in [1.807, 2.05) is 0 Å². The highest BCUT2D eigenvalue weighted by Crippen LogP contribution is 2.19. The third-order valence-corrected chi connectivity index (χ3v) is 4.55. The molecule has 2 rings (SSSR count). The molecule has 0 aromatic heterocycles. The fourth-order valence-corrected chi connectivity index (χ4v) is 2.97. The van der Waals surface area contributed by atoms with Gasteiger partial charge in [-0.3, -0.25) is 4.90 Å². The molecule has 1 saturated heterocycles. The number of carboxylic acid groups (broad SMARTS) is 4. The summed E-state index contributed by atoms with van der Waals surface area (Å²) in [4.78, 5) is 43.2. The van der Waals surface area contributed by atoms with Crippen LogP contribution in [0.3, 0.4) is 0 Å². The third-order valence-electron chi connectivity index (χ3n) is 4.55. The first-order chi connectivity index (χ1) is 15.3. The van der Waals surface area contributed by atoms with E-state index in [0.29, 0.717) is 24.3 Å². The van der Waals surface area contributed by atoms with Crippen molar-refractivity contribution in [2.45, 2.75) is 27.3 Å². The Morgan fingerprint density at radius 3 is 1.36 bits per heavy atom. The smallest absolute Gasteiger partial charge is 0.328 e. The molecule has 0 saturated carbocycles. The highest BCUT2D eigenvalue weighted by Gasteiger charge is 2.15. The summed E-state index contributed by atoms with van der Waals surface area (Å²) >= 11 is 0. The van der Waals surface area contributed by atoms with Crippen molar-refractivity contribution in [1.82, 2.24) is 9.80 Å². The SMILES string of the molecule is Cc1cc(C)c(CN2CCN(C)CC2)c(C)c1.O=C(O)/C=C/C(=O)O.O=C(O)/C=C/C(=O)O. The van der Waals surface area contributed by atoms with Crippen LogP contribution in [0.1, 0.15) is 22.3 Å². The molecule has 182 valence electrons. The second kappa shape index (κ2) is 15.3. The van der Waals surface area contributed by atoms with E-state index in [1.165, 1.54) is 48.4 Å². The molecule has 0 aliphatic carbocycles. The maximum Gasteiger partial charge on any atom is 0.328 e. The summed E-state index contributed by atoms with van der Waals surface area (Å²) in [5, 5.41) is 31.2. The van der Waals surface area contributed by atoms with Crippen molar-refractivity contribution in [1.29, 1.82) is 0 Å². The van der Waals surface area contributed by atoms with Crippen LogP contribution >= 0.6 is 0 Å². The van der Waals surface area contributed by atoms with Crippen molar-refractivity contribution in [2.75, 3.05) is 33.2 Å². The highest BCUT2D eigenvalue weighted by atomic mass is 16.4. The van der Waals surface area contributed by atoms with E-state index in [9.17, 15) is 19.2 Å². The normalized spacial score (nSPS) is 14.2. The molecule has 1 fully saturated rings.